The summed E-state index contributed by atoms with van der Waals surface area (Å²) in [5.74, 6) is 0.682. The van der Waals surface area contributed by atoms with Gasteiger partial charge in [-0.25, -0.2) is 4.98 Å². The lowest BCUT2D eigenvalue weighted by molar-refractivity contribution is -0.114. The summed E-state index contributed by atoms with van der Waals surface area (Å²) in [5, 5.41) is 0. The number of hydrogen-bond acceptors (Lipinski definition) is 4. The van der Waals surface area contributed by atoms with Gasteiger partial charge in [0.05, 0.1) is 11.3 Å². The fraction of sp³-hybridized carbons (Fsp3) is 0.619. The van der Waals surface area contributed by atoms with E-state index >= 15 is 0 Å². The molecule has 1 aliphatic rings. The number of carbonyl (C=O) groups excluding carboxylic acids is 1. The number of fused-ring (bicyclic) bond motifs is 1. The lowest BCUT2D eigenvalue weighted by Gasteiger charge is -2.17. The SMILES string of the molecule is CC(C)(C=O)Cc1cc(C2CC2)cn2cc(CN)nc12.COC(C)(C)C. The van der Waals surface area contributed by atoms with Gasteiger partial charge in [0.15, 0.2) is 0 Å². The van der Waals surface area contributed by atoms with Gasteiger partial charge in [0.2, 0.25) is 0 Å². The average Bonchev–Trinajstić information content (AvgIpc) is 3.33. The van der Waals surface area contributed by atoms with E-state index in [1.165, 1.54) is 18.4 Å². The van der Waals surface area contributed by atoms with Crippen LogP contribution < -0.4 is 5.73 Å². The van der Waals surface area contributed by atoms with Crippen molar-refractivity contribution in [3.05, 3.63) is 35.3 Å². The number of aromatic nitrogens is 2. The van der Waals surface area contributed by atoms with Crippen molar-refractivity contribution in [1.29, 1.82) is 0 Å². The highest BCUT2D eigenvalue weighted by atomic mass is 16.5. The molecule has 2 aromatic heterocycles. The van der Waals surface area contributed by atoms with Crippen molar-refractivity contribution in [3.8, 4) is 0 Å². The van der Waals surface area contributed by atoms with Crippen molar-refractivity contribution in [2.75, 3.05) is 7.11 Å². The van der Waals surface area contributed by atoms with E-state index in [0.717, 1.165) is 23.2 Å². The van der Waals surface area contributed by atoms with Crippen LogP contribution >= 0.6 is 0 Å². The molecule has 2 heterocycles. The Morgan fingerprint density at radius 1 is 1.27 bits per heavy atom. The van der Waals surface area contributed by atoms with Gasteiger partial charge < -0.3 is 19.7 Å². The standard InChI is InChI=1S/C16H21N3O.C5H12O/c1-16(2,10-20)6-12-5-13(11-3-4-11)8-19-9-14(7-17)18-15(12)19;1-5(2,3)6-4/h5,8-11H,3-4,6-7,17H2,1-2H3;1-4H3. The third-order valence-corrected chi connectivity index (χ3v) is 4.53. The van der Waals surface area contributed by atoms with E-state index in [0.29, 0.717) is 18.9 Å². The number of pyridine rings is 1. The third-order valence-electron chi connectivity index (χ3n) is 4.53. The van der Waals surface area contributed by atoms with E-state index in [2.05, 4.69) is 21.6 Å². The first-order valence-corrected chi connectivity index (χ1v) is 9.30. The van der Waals surface area contributed by atoms with E-state index in [-0.39, 0.29) is 11.0 Å². The van der Waals surface area contributed by atoms with Crippen LogP contribution in [0.3, 0.4) is 0 Å². The van der Waals surface area contributed by atoms with Crippen molar-refractivity contribution in [2.24, 2.45) is 11.1 Å². The second kappa shape index (κ2) is 7.89. The summed E-state index contributed by atoms with van der Waals surface area (Å²) in [7, 11) is 1.71. The summed E-state index contributed by atoms with van der Waals surface area (Å²) in [6.07, 6.45) is 8.43. The van der Waals surface area contributed by atoms with Crippen molar-refractivity contribution >= 4 is 11.9 Å². The molecule has 2 aromatic rings. The maximum Gasteiger partial charge on any atom is 0.140 e. The lowest BCUT2D eigenvalue weighted by atomic mass is 9.87. The summed E-state index contributed by atoms with van der Waals surface area (Å²) in [5.41, 5.74) is 9.70. The molecule has 2 N–H and O–H groups in total. The zero-order valence-corrected chi connectivity index (χ0v) is 17.0. The van der Waals surface area contributed by atoms with Crippen LogP contribution in [-0.2, 0) is 22.5 Å². The topological polar surface area (TPSA) is 69.6 Å². The Morgan fingerprint density at radius 3 is 2.35 bits per heavy atom. The number of ether oxygens (including phenoxy) is 1. The van der Waals surface area contributed by atoms with Crippen LogP contribution in [0.25, 0.3) is 5.65 Å². The van der Waals surface area contributed by atoms with Crippen LogP contribution in [0.2, 0.25) is 0 Å². The molecule has 0 radical (unpaired) electrons. The summed E-state index contributed by atoms with van der Waals surface area (Å²) in [6, 6.07) is 2.23. The Hall–Kier alpha value is -1.72. The van der Waals surface area contributed by atoms with E-state index in [1.807, 2.05) is 40.8 Å². The summed E-state index contributed by atoms with van der Waals surface area (Å²) in [4.78, 5) is 15.8. The summed E-state index contributed by atoms with van der Waals surface area (Å²) in [6.45, 7) is 10.4. The van der Waals surface area contributed by atoms with Gasteiger partial charge in [-0.05, 0) is 57.1 Å². The van der Waals surface area contributed by atoms with E-state index in [9.17, 15) is 4.79 Å². The van der Waals surface area contributed by atoms with Gasteiger partial charge in [-0.1, -0.05) is 19.9 Å². The molecule has 3 rings (SSSR count). The quantitative estimate of drug-likeness (QED) is 0.823. The molecular weight excluding hydrogens is 326 g/mol. The molecule has 5 heteroatoms. The first-order valence-electron chi connectivity index (χ1n) is 9.30. The molecule has 1 aliphatic carbocycles. The monoisotopic (exact) mass is 359 g/mol. The van der Waals surface area contributed by atoms with Crippen LogP contribution in [0, 0.1) is 5.41 Å². The number of imidazole rings is 1. The first-order chi connectivity index (χ1) is 12.1. The van der Waals surface area contributed by atoms with Crippen molar-refractivity contribution < 1.29 is 9.53 Å². The molecule has 0 atom stereocenters. The Bertz CT molecular complexity index is 752. The highest BCUT2D eigenvalue weighted by Gasteiger charge is 2.26. The average molecular weight is 360 g/mol. The number of nitrogens with two attached hydrogens (primary N) is 1. The zero-order valence-electron chi connectivity index (χ0n) is 17.0. The van der Waals surface area contributed by atoms with Gasteiger partial charge in [0, 0.05) is 31.5 Å². The van der Waals surface area contributed by atoms with Crippen LogP contribution in [-0.4, -0.2) is 28.4 Å². The van der Waals surface area contributed by atoms with Crippen molar-refractivity contribution in [3.63, 3.8) is 0 Å². The van der Waals surface area contributed by atoms with Gasteiger partial charge in [-0.15, -0.1) is 0 Å². The molecule has 5 nitrogen and oxygen atoms in total. The largest absolute Gasteiger partial charge is 0.379 e. The number of carbonyl (C=O) groups is 1. The number of nitrogens with zero attached hydrogens (tertiary/aromatic N) is 2. The second-order valence-electron chi connectivity index (χ2n) is 8.84. The van der Waals surface area contributed by atoms with Crippen molar-refractivity contribution in [1.82, 2.24) is 9.38 Å². The molecular formula is C21H33N3O2. The molecule has 0 unspecified atom stereocenters. The number of rotatable bonds is 5. The predicted molar refractivity (Wildman–Crippen MR) is 105 cm³/mol. The van der Waals surface area contributed by atoms with Crippen molar-refractivity contribution in [2.45, 2.75) is 71.9 Å². The summed E-state index contributed by atoms with van der Waals surface area (Å²) < 4.78 is 7.01. The highest BCUT2D eigenvalue weighted by Crippen LogP contribution is 2.41. The molecule has 0 aromatic carbocycles. The van der Waals surface area contributed by atoms with Crippen LogP contribution in [0.5, 0.6) is 0 Å². The predicted octanol–water partition coefficient (Wildman–Crippen LogP) is 3.87. The molecule has 0 aliphatic heterocycles. The van der Waals surface area contributed by atoms with E-state index in [4.69, 9.17) is 10.5 Å². The normalized spacial score (nSPS) is 14.9. The van der Waals surface area contributed by atoms with Gasteiger partial charge in [-0.2, -0.15) is 0 Å². The Morgan fingerprint density at radius 2 is 1.88 bits per heavy atom. The number of hydrogen-bond donors (Lipinski definition) is 1. The van der Waals surface area contributed by atoms with Gasteiger partial charge in [-0.3, -0.25) is 0 Å². The minimum Gasteiger partial charge on any atom is -0.379 e. The Kier molecular flexibility index (Phi) is 6.25. The first kappa shape index (κ1) is 20.6. The molecule has 1 saturated carbocycles. The lowest BCUT2D eigenvalue weighted by Crippen LogP contribution is -2.17. The fourth-order valence-corrected chi connectivity index (χ4v) is 2.64. The molecule has 0 saturated heterocycles. The number of methoxy groups -OCH3 is 1. The number of aldehydes is 1. The smallest absolute Gasteiger partial charge is 0.140 e. The molecule has 26 heavy (non-hydrogen) atoms. The molecule has 0 spiro atoms. The molecule has 144 valence electrons. The van der Waals surface area contributed by atoms with Gasteiger partial charge in [0.1, 0.15) is 11.9 Å². The fourth-order valence-electron chi connectivity index (χ4n) is 2.64. The zero-order chi connectivity index (χ0) is 19.5. The highest BCUT2D eigenvalue weighted by molar-refractivity contribution is 5.61. The minimum absolute atomic E-state index is 0.0417. The van der Waals surface area contributed by atoms with Gasteiger partial charge >= 0.3 is 0 Å². The minimum atomic E-state index is -0.364. The maximum atomic E-state index is 11.2. The Labute approximate surface area is 156 Å². The van der Waals surface area contributed by atoms with Crippen LogP contribution in [0.1, 0.15) is 70.2 Å². The molecule has 0 amide bonds. The maximum absolute atomic E-state index is 11.2. The molecule has 0 bridgehead atoms. The third kappa shape index (κ3) is 5.64. The van der Waals surface area contributed by atoms with Crippen LogP contribution in [0.4, 0.5) is 0 Å². The summed E-state index contributed by atoms with van der Waals surface area (Å²) >= 11 is 0. The van der Waals surface area contributed by atoms with E-state index < -0.39 is 0 Å². The van der Waals surface area contributed by atoms with Gasteiger partial charge in [0.25, 0.3) is 0 Å². The van der Waals surface area contributed by atoms with Crippen LogP contribution in [0.15, 0.2) is 18.5 Å². The molecule has 1 fully saturated rings. The van der Waals surface area contributed by atoms with E-state index in [1.54, 1.807) is 7.11 Å². The second-order valence-corrected chi connectivity index (χ2v) is 8.84. The Balaban J connectivity index is 0.000000352.